The second-order valence-electron chi connectivity index (χ2n) is 6.45. The number of nitrogens with one attached hydrogen (secondary N) is 2. The van der Waals surface area contributed by atoms with Gasteiger partial charge in [-0.2, -0.15) is 11.3 Å². The highest BCUT2D eigenvalue weighted by Crippen LogP contribution is 2.24. The highest BCUT2D eigenvalue weighted by molar-refractivity contribution is 7.07. The topological polar surface area (TPSA) is 44.4 Å². The molecule has 4 nitrogen and oxygen atoms in total. The van der Waals surface area contributed by atoms with Gasteiger partial charge in [0, 0.05) is 12.5 Å². The van der Waals surface area contributed by atoms with Crippen LogP contribution in [0.25, 0.3) is 0 Å². The highest BCUT2D eigenvalue weighted by atomic mass is 32.1. The lowest BCUT2D eigenvalue weighted by Crippen LogP contribution is -2.36. The molecule has 0 spiro atoms. The summed E-state index contributed by atoms with van der Waals surface area (Å²) in [4.78, 5) is 14.6. The van der Waals surface area contributed by atoms with E-state index < -0.39 is 0 Å². The Morgan fingerprint density at radius 2 is 1.96 bits per heavy atom. The van der Waals surface area contributed by atoms with E-state index in [0.29, 0.717) is 12.5 Å². The minimum Gasteiger partial charge on any atom is -0.381 e. The van der Waals surface area contributed by atoms with E-state index in [-0.39, 0.29) is 5.91 Å². The first kappa shape index (κ1) is 17.0. The Balaban J connectivity index is 1.56. The van der Waals surface area contributed by atoms with Gasteiger partial charge in [0.15, 0.2) is 0 Å². The quantitative estimate of drug-likeness (QED) is 0.838. The molecule has 1 aliphatic heterocycles. The van der Waals surface area contributed by atoms with Gasteiger partial charge in [-0.05, 0) is 73.9 Å². The number of hydrogen-bond acceptors (Lipinski definition) is 4. The molecular weight excluding hydrogens is 318 g/mol. The van der Waals surface area contributed by atoms with Crippen LogP contribution in [0.1, 0.15) is 24.8 Å². The van der Waals surface area contributed by atoms with Crippen LogP contribution in [0.4, 0.5) is 11.4 Å². The average molecular weight is 343 g/mol. The maximum Gasteiger partial charge on any atom is 0.224 e. The summed E-state index contributed by atoms with van der Waals surface area (Å²) in [7, 11) is 2.16. The van der Waals surface area contributed by atoms with Gasteiger partial charge in [-0.1, -0.05) is 12.1 Å². The molecule has 1 amide bonds. The number of anilines is 2. The molecule has 1 aromatic carbocycles. The number of likely N-dealkylation sites (tertiary alicyclic amines) is 1. The Bertz CT molecular complexity index is 648. The van der Waals surface area contributed by atoms with Gasteiger partial charge in [0.2, 0.25) is 5.91 Å². The van der Waals surface area contributed by atoms with Gasteiger partial charge in [-0.25, -0.2) is 0 Å². The van der Waals surface area contributed by atoms with Crippen molar-refractivity contribution >= 4 is 28.6 Å². The molecule has 1 aromatic heterocycles. The molecule has 0 unspecified atom stereocenters. The third kappa shape index (κ3) is 4.82. The molecule has 2 aromatic rings. The van der Waals surface area contributed by atoms with Crippen molar-refractivity contribution in [3.05, 3.63) is 46.7 Å². The molecule has 0 radical (unpaired) electrons. The lowest BCUT2D eigenvalue weighted by atomic mass is 10.0. The van der Waals surface area contributed by atoms with E-state index in [1.807, 2.05) is 29.6 Å². The van der Waals surface area contributed by atoms with E-state index in [1.54, 1.807) is 11.3 Å². The summed E-state index contributed by atoms with van der Waals surface area (Å²) in [6, 6.07) is 10.6. The number of hydrogen-bond donors (Lipinski definition) is 2. The average Bonchev–Trinajstić information content (AvgIpc) is 3.10. The number of aryl methyl sites for hydroxylation is 1. The summed E-state index contributed by atoms with van der Waals surface area (Å²) in [5.41, 5.74) is 3.13. The van der Waals surface area contributed by atoms with Crippen molar-refractivity contribution < 1.29 is 4.79 Å². The van der Waals surface area contributed by atoms with Crippen LogP contribution in [0.5, 0.6) is 0 Å². The van der Waals surface area contributed by atoms with E-state index in [9.17, 15) is 4.79 Å². The number of nitrogens with zero attached hydrogens (tertiary/aromatic N) is 1. The first-order valence-electron chi connectivity index (χ1n) is 8.56. The van der Waals surface area contributed by atoms with E-state index in [2.05, 4.69) is 34.0 Å². The fourth-order valence-electron chi connectivity index (χ4n) is 3.00. The maximum absolute atomic E-state index is 12.3. The van der Waals surface area contributed by atoms with Crippen LogP contribution in [-0.4, -0.2) is 37.0 Å². The molecule has 1 aliphatic rings. The fourth-order valence-corrected chi connectivity index (χ4v) is 3.70. The number of carbonyl (C=O) groups excluding carboxylic acids is 1. The largest absolute Gasteiger partial charge is 0.381 e. The maximum atomic E-state index is 12.3. The number of carbonyl (C=O) groups is 1. The smallest absolute Gasteiger partial charge is 0.224 e. The minimum atomic E-state index is 0.0684. The summed E-state index contributed by atoms with van der Waals surface area (Å²) in [5, 5.41) is 10.8. The van der Waals surface area contributed by atoms with Crippen molar-refractivity contribution in [1.29, 1.82) is 0 Å². The third-order valence-electron chi connectivity index (χ3n) is 4.50. The van der Waals surface area contributed by atoms with Crippen molar-refractivity contribution in [2.45, 2.75) is 31.7 Å². The van der Waals surface area contributed by atoms with Crippen LogP contribution < -0.4 is 10.6 Å². The molecule has 2 N–H and O–H groups in total. The first-order chi connectivity index (χ1) is 11.7. The second kappa shape index (κ2) is 8.31. The van der Waals surface area contributed by atoms with Crippen LogP contribution in [0.2, 0.25) is 0 Å². The zero-order valence-electron chi connectivity index (χ0n) is 14.1. The lowest BCUT2D eigenvalue weighted by molar-refractivity contribution is -0.116. The molecule has 0 saturated carbocycles. The summed E-state index contributed by atoms with van der Waals surface area (Å²) < 4.78 is 0. The van der Waals surface area contributed by atoms with Crippen LogP contribution in [-0.2, 0) is 11.2 Å². The SMILES string of the molecule is CN1CCC(Nc2ccccc2NC(=O)CCc2ccsc2)CC1. The van der Waals surface area contributed by atoms with Gasteiger partial charge in [0.25, 0.3) is 0 Å². The van der Waals surface area contributed by atoms with Gasteiger partial charge >= 0.3 is 0 Å². The molecule has 0 bridgehead atoms. The number of rotatable bonds is 6. The van der Waals surface area contributed by atoms with Crippen molar-refractivity contribution in [2.75, 3.05) is 30.8 Å². The summed E-state index contributed by atoms with van der Waals surface area (Å²) in [6.45, 7) is 2.24. The molecule has 1 saturated heterocycles. The Labute approximate surface area is 147 Å². The number of piperidine rings is 1. The number of para-hydroxylation sites is 2. The van der Waals surface area contributed by atoms with Crippen LogP contribution in [0.3, 0.4) is 0 Å². The normalized spacial score (nSPS) is 16.0. The minimum absolute atomic E-state index is 0.0684. The Morgan fingerprint density at radius 3 is 2.67 bits per heavy atom. The highest BCUT2D eigenvalue weighted by Gasteiger charge is 2.17. The molecule has 128 valence electrons. The monoisotopic (exact) mass is 343 g/mol. The van der Waals surface area contributed by atoms with Crippen molar-refractivity contribution in [2.24, 2.45) is 0 Å². The van der Waals surface area contributed by atoms with Crippen molar-refractivity contribution in [1.82, 2.24) is 4.90 Å². The lowest BCUT2D eigenvalue weighted by Gasteiger charge is -2.30. The standard InChI is InChI=1S/C19H25N3OS/c1-22-11-8-16(9-12-22)20-17-4-2-3-5-18(17)21-19(23)7-6-15-10-13-24-14-15/h2-5,10,13-14,16,20H,6-9,11-12H2,1H3,(H,21,23). The molecule has 2 heterocycles. The van der Waals surface area contributed by atoms with E-state index >= 15 is 0 Å². The fraction of sp³-hybridized carbons (Fsp3) is 0.421. The van der Waals surface area contributed by atoms with Crippen LogP contribution in [0.15, 0.2) is 41.1 Å². The van der Waals surface area contributed by atoms with Gasteiger partial charge in [0.1, 0.15) is 0 Å². The van der Waals surface area contributed by atoms with Gasteiger partial charge < -0.3 is 15.5 Å². The predicted molar refractivity (Wildman–Crippen MR) is 102 cm³/mol. The zero-order chi connectivity index (χ0) is 16.8. The molecule has 24 heavy (non-hydrogen) atoms. The number of amides is 1. The van der Waals surface area contributed by atoms with Crippen LogP contribution in [0, 0.1) is 0 Å². The van der Waals surface area contributed by atoms with Gasteiger partial charge in [-0.3, -0.25) is 4.79 Å². The van der Waals surface area contributed by atoms with Crippen molar-refractivity contribution in [3.63, 3.8) is 0 Å². The third-order valence-corrected chi connectivity index (χ3v) is 5.23. The number of thiophene rings is 1. The number of benzene rings is 1. The summed E-state index contributed by atoms with van der Waals surface area (Å²) in [6.07, 6.45) is 3.58. The Morgan fingerprint density at radius 1 is 1.21 bits per heavy atom. The van der Waals surface area contributed by atoms with E-state index in [1.165, 1.54) is 5.56 Å². The Hall–Kier alpha value is -1.85. The van der Waals surface area contributed by atoms with E-state index in [0.717, 1.165) is 43.7 Å². The van der Waals surface area contributed by atoms with Gasteiger partial charge in [-0.15, -0.1) is 0 Å². The molecule has 0 atom stereocenters. The zero-order valence-corrected chi connectivity index (χ0v) is 14.9. The molecule has 0 aliphatic carbocycles. The second-order valence-corrected chi connectivity index (χ2v) is 7.23. The van der Waals surface area contributed by atoms with Crippen LogP contribution >= 0.6 is 11.3 Å². The molecule has 3 rings (SSSR count). The first-order valence-corrected chi connectivity index (χ1v) is 9.50. The Kier molecular flexibility index (Phi) is 5.88. The van der Waals surface area contributed by atoms with Crippen molar-refractivity contribution in [3.8, 4) is 0 Å². The summed E-state index contributed by atoms with van der Waals surface area (Å²) in [5.74, 6) is 0.0684. The van der Waals surface area contributed by atoms with Gasteiger partial charge in [0.05, 0.1) is 11.4 Å². The van der Waals surface area contributed by atoms with E-state index in [4.69, 9.17) is 0 Å². The molecule has 5 heteroatoms. The predicted octanol–water partition coefficient (Wildman–Crippen LogP) is 3.83. The molecule has 1 fully saturated rings. The molecular formula is C19H25N3OS. The summed E-state index contributed by atoms with van der Waals surface area (Å²) >= 11 is 1.67.